The molecular weight excluding hydrogens is 204 g/mol. The molecular formula is C12H12N2O2. The van der Waals surface area contributed by atoms with E-state index < -0.39 is 0 Å². The summed E-state index contributed by atoms with van der Waals surface area (Å²) in [6.45, 7) is 1.32. The van der Waals surface area contributed by atoms with Crippen LogP contribution in [0.2, 0.25) is 0 Å². The molecule has 4 heteroatoms. The van der Waals surface area contributed by atoms with Crippen molar-refractivity contribution in [2.75, 3.05) is 13.2 Å². The molecule has 2 heterocycles. The van der Waals surface area contributed by atoms with Crippen molar-refractivity contribution in [2.24, 2.45) is 0 Å². The molecule has 1 aliphatic rings. The summed E-state index contributed by atoms with van der Waals surface area (Å²) in [5.41, 5.74) is 1.72. The van der Waals surface area contributed by atoms with Gasteiger partial charge in [0, 0.05) is 22.7 Å². The summed E-state index contributed by atoms with van der Waals surface area (Å²) in [6, 6.07) is 7.58. The fraction of sp³-hybridized carbons (Fsp3) is 0.250. The first-order valence-electron chi connectivity index (χ1n) is 5.36. The number of carbonyl (C=O) groups excluding carboxylic acids is 1. The maximum atomic E-state index is 12.0. The van der Waals surface area contributed by atoms with E-state index in [4.69, 9.17) is 4.84 Å². The van der Waals surface area contributed by atoms with E-state index in [2.05, 4.69) is 4.98 Å². The predicted octanol–water partition coefficient (Wildman–Crippen LogP) is 1.95. The van der Waals surface area contributed by atoms with Gasteiger partial charge < -0.3 is 4.98 Å². The Hall–Kier alpha value is -1.81. The van der Waals surface area contributed by atoms with Crippen LogP contribution in [-0.2, 0) is 4.84 Å². The number of carbonyl (C=O) groups is 1. The zero-order valence-electron chi connectivity index (χ0n) is 8.77. The fourth-order valence-electron chi connectivity index (χ4n) is 1.94. The highest BCUT2D eigenvalue weighted by Gasteiger charge is 2.20. The first kappa shape index (κ1) is 9.42. The topological polar surface area (TPSA) is 45.3 Å². The second-order valence-corrected chi connectivity index (χ2v) is 3.87. The first-order chi connectivity index (χ1) is 7.84. The van der Waals surface area contributed by atoms with Crippen LogP contribution in [0.1, 0.15) is 16.8 Å². The Morgan fingerprint density at radius 1 is 1.38 bits per heavy atom. The Labute approximate surface area is 92.8 Å². The monoisotopic (exact) mass is 216 g/mol. The van der Waals surface area contributed by atoms with Crippen LogP contribution in [0.15, 0.2) is 30.5 Å². The fourth-order valence-corrected chi connectivity index (χ4v) is 1.94. The van der Waals surface area contributed by atoms with Crippen LogP contribution in [0.3, 0.4) is 0 Å². The third kappa shape index (κ3) is 1.47. The van der Waals surface area contributed by atoms with E-state index in [1.165, 1.54) is 5.06 Å². The summed E-state index contributed by atoms with van der Waals surface area (Å²) in [6.07, 6.45) is 2.78. The Morgan fingerprint density at radius 3 is 3.12 bits per heavy atom. The Bertz CT molecular complexity index is 527. The van der Waals surface area contributed by atoms with Gasteiger partial charge in [0.15, 0.2) is 0 Å². The second-order valence-electron chi connectivity index (χ2n) is 3.87. The zero-order valence-corrected chi connectivity index (χ0v) is 8.77. The van der Waals surface area contributed by atoms with Gasteiger partial charge in [-0.05, 0) is 30.7 Å². The summed E-state index contributed by atoms with van der Waals surface area (Å²) in [7, 11) is 0. The average Bonchev–Trinajstić information content (AvgIpc) is 2.98. The molecule has 4 nitrogen and oxygen atoms in total. The maximum absolute atomic E-state index is 12.0. The molecule has 1 saturated heterocycles. The molecule has 1 aromatic heterocycles. The molecule has 1 aliphatic heterocycles. The van der Waals surface area contributed by atoms with Gasteiger partial charge >= 0.3 is 0 Å². The number of hydrogen-bond acceptors (Lipinski definition) is 2. The Balaban J connectivity index is 1.95. The minimum absolute atomic E-state index is 0.0550. The van der Waals surface area contributed by atoms with E-state index in [-0.39, 0.29) is 5.91 Å². The van der Waals surface area contributed by atoms with Crippen LogP contribution in [-0.4, -0.2) is 29.1 Å². The largest absolute Gasteiger partial charge is 0.361 e. The van der Waals surface area contributed by atoms with Crippen molar-refractivity contribution in [2.45, 2.75) is 6.42 Å². The van der Waals surface area contributed by atoms with Gasteiger partial charge in [-0.2, -0.15) is 0 Å². The number of H-pyrrole nitrogens is 1. The third-order valence-corrected chi connectivity index (χ3v) is 2.78. The number of nitrogens with zero attached hydrogens (tertiary/aromatic N) is 1. The molecule has 0 atom stereocenters. The molecule has 3 rings (SSSR count). The van der Waals surface area contributed by atoms with Gasteiger partial charge in [-0.1, -0.05) is 0 Å². The van der Waals surface area contributed by atoms with E-state index in [0.717, 1.165) is 17.3 Å². The molecule has 0 aliphatic carbocycles. The Kier molecular flexibility index (Phi) is 2.15. The number of aromatic amines is 1. The summed E-state index contributed by atoms with van der Waals surface area (Å²) in [5.74, 6) is -0.0550. The summed E-state index contributed by atoms with van der Waals surface area (Å²) < 4.78 is 0. The number of rotatable bonds is 1. The average molecular weight is 216 g/mol. The van der Waals surface area contributed by atoms with Crippen LogP contribution in [0.5, 0.6) is 0 Å². The number of amides is 1. The highest BCUT2D eigenvalue weighted by Crippen LogP contribution is 2.17. The molecule has 1 amide bonds. The van der Waals surface area contributed by atoms with Crippen molar-refractivity contribution in [3.8, 4) is 0 Å². The SMILES string of the molecule is O=C(c1ccc2[nH]ccc2c1)N1CCCO1. The minimum Gasteiger partial charge on any atom is -0.361 e. The van der Waals surface area contributed by atoms with Gasteiger partial charge in [0.05, 0.1) is 13.2 Å². The van der Waals surface area contributed by atoms with Gasteiger partial charge in [0.1, 0.15) is 0 Å². The number of aromatic nitrogens is 1. The molecule has 1 fully saturated rings. The van der Waals surface area contributed by atoms with Crippen molar-refractivity contribution in [3.05, 3.63) is 36.0 Å². The summed E-state index contributed by atoms with van der Waals surface area (Å²) in [5, 5.41) is 2.48. The molecule has 1 N–H and O–H groups in total. The highest BCUT2D eigenvalue weighted by atomic mass is 16.7. The minimum atomic E-state index is -0.0550. The van der Waals surface area contributed by atoms with Crippen molar-refractivity contribution in [3.63, 3.8) is 0 Å². The molecule has 0 saturated carbocycles. The lowest BCUT2D eigenvalue weighted by molar-refractivity contribution is -0.0768. The summed E-state index contributed by atoms with van der Waals surface area (Å²) in [4.78, 5) is 20.3. The van der Waals surface area contributed by atoms with E-state index in [1.807, 2.05) is 30.5 Å². The lowest BCUT2D eigenvalue weighted by Crippen LogP contribution is -2.26. The van der Waals surface area contributed by atoms with Crippen LogP contribution >= 0.6 is 0 Å². The number of benzene rings is 1. The van der Waals surface area contributed by atoms with Gasteiger partial charge in [0.2, 0.25) is 0 Å². The second kappa shape index (κ2) is 3.64. The maximum Gasteiger partial charge on any atom is 0.277 e. The molecule has 16 heavy (non-hydrogen) atoms. The number of nitrogens with one attached hydrogen (secondary N) is 1. The van der Waals surface area contributed by atoms with Gasteiger partial charge in [-0.3, -0.25) is 9.63 Å². The van der Waals surface area contributed by atoms with Crippen molar-refractivity contribution in [1.82, 2.24) is 10.0 Å². The van der Waals surface area contributed by atoms with Crippen LogP contribution < -0.4 is 0 Å². The Morgan fingerprint density at radius 2 is 2.31 bits per heavy atom. The van der Waals surface area contributed by atoms with Gasteiger partial charge in [-0.15, -0.1) is 0 Å². The first-order valence-corrected chi connectivity index (χ1v) is 5.36. The molecule has 2 aromatic rings. The smallest absolute Gasteiger partial charge is 0.277 e. The lowest BCUT2D eigenvalue weighted by atomic mass is 10.1. The third-order valence-electron chi connectivity index (χ3n) is 2.78. The lowest BCUT2D eigenvalue weighted by Gasteiger charge is -2.13. The van der Waals surface area contributed by atoms with E-state index in [1.54, 1.807) is 0 Å². The standard InChI is InChI=1S/C12H12N2O2/c15-12(14-6-1-7-16-14)10-2-3-11-9(8-10)4-5-13-11/h2-5,8,13H,1,6-7H2. The van der Waals surface area contributed by atoms with Gasteiger partial charge in [0.25, 0.3) is 5.91 Å². The van der Waals surface area contributed by atoms with Crippen LogP contribution in [0.4, 0.5) is 0 Å². The predicted molar refractivity (Wildman–Crippen MR) is 59.9 cm³/mol. The quantitative estimate of drug-likeness (QED) is 0.791. The molecule has 0 unspecified atom stereocenters. The molecule has 82 valence electrons. The number of hydroxylamine groups is 2. The van der Waals surface area contributed by atoms with Gasteiger partial charge in [-0.25, -0.2) is 5.06 Å². The van der Waals surface area contributed by atoms with Crippen molar-refractivity contribution in [1.29, 1.82) is 0 Å². The highest BCUT2D eigenvalue weighted by molar-refractivity contribution is 5.97. The molecule has 0 bridgehead atoms. The van der Waals surface area contributed by atoms with Crippen molar-refractivity contribution >= 4 is 16.8 Å². The molecule has 0 spiro atoms. The normalized spacial score (nSPS) is 15.9. The van der Waals surface area contributed by atoms with Crippen LogP contribution in [0.25, 0.3) is 10.9 Å². The van der Waals surface area contributed by atoms with E-state index in [0.29, 0.717) is 18.7 Å². The van der Waals surface area contributed by atoms with Crippen LogP contribution in [0, 0.1) is 0 Å². The molecule has 0 radical (unpaired) electrons. The number of hydrogen-bond donors (Lipinski definition) is 1. The number of fused-ring (bicyclic) bond motifs is 1. The summed E-state index contributed by atoms with van der Waals surface area (Å²) >= 11 is 0. The zero-order chi connectivity index (χ0) is 11.0. The van der Waals surface area contributed by atoms with Crippen molar-refractivity contribution < 1.29 is 9.63 Å². The molecule has 1 aromatic carbocycles. The van der Waals surface area contributed by atoms with E-state index in [9.17, 15) is 4.79 Å². The van der Waals surface area contributed by atoms with E-state index >= 15 is 0 Å².